The summed E-state index contributed by atoms with van der Waals surface area (Å²) in [7, 11) is 1.65. The molecule has 33 heavy (non-hydrogen) atoms. The highest BCUT2D eigenvalue weighted by Crippen LogP contribution is 2.37. The Bertz CT molecular complexity index is 1170. The Kier molecular flexibility index (Phi) is 5.87. The molecule has 3 heterocycles. The number of benzene rings is 1. The number of hydrogen-bond acceptors (Lipinski definition) is 5. The molecule has 1 atom stereocenters. The lowest BCUT2D eigenvalue weighted by Gasteiger charge is -2.26. The second kappa shape index (κ2) is 8.96. The molecule has 0 radical (unpaired) electrons. The van der Waals surface area contributed by atoms with Crippen molar-refractivity contribution in [2.45, 2.75) is 50.9 Å². The molecule has 1 saturated carbocycles. The number of hydrogen-bond donors (Lipinski definition) is 1. The van der Waals surface area contributed by atoms with Gasteiger partial charge >= 0.3 is 0 Å². The third kappa shape index (κ3) is 4.24. The van der Waals surface area contributed by atoms with Crippen LogP contribution in [-0.2, 0) is 11.2 Å². The number of aromatic nitrogens is 2. The molecule has 1 saturated heterocycles. The summed E-state index contributed by atoms with van der Waals surface area (Å²) in [6.45, 7) is 0.886. The van der Waals surface area contributed by atoms with Crippen molar-refractivity contribution >= 4 is 22.7 Å². The molecule has 0 bridgehead atoms. The normalized spacial score (nSPS) is 21.4. The highest BCUT2D eigenvalue weighted by Gasteiger charge is 2.46. The fraction of sp³-hybridized carbons (Fsp3) is 0.462. The van der Waals surface area contributed by atoms with Crippen molar-refractivity contribution in [1.82, 2.24) is 20.4 Å². The number of nitrogens with one attached hydrogen (secondary N) is 1. The molecule has 0 spiro atoms. The molecule has 1 aromatic carbocycles. The van der Waals surface area contributed by atoms with Gasteiger partial charge in [-0.15, -0.1) is 0 Å². The average molecular weight is 447 g/mol. The highest BCUT2D eigenvalue weighted by molar-refractivity contribution is 5.98. The number of carbonyl (C=O) groups is 2. The maximum Gasteiger partial charge on any atom is 0.253 e. The minimum Gasteiger partial charge on any atom is -0.361 e. The number of rotatable bonds is 5. The lowest BCUT2D eigenvalue weighted by atomic mass is 9.81. The van der Waals surface area contributed by atoms with Crippen LogP contribution in [0, 0.1) is 5.41 Å². The average Bonchev–Trinajstić information content (AvgIpc) is 3.52. The molecule has 0 unspecified atom stereocenters. The van der Waals surface area contributed by atoms with Gasteiger partial charge in [-0.2, -0.15) is 0 Å². The molecule has 2 aromatic heterocycles. The van der Waals surface area contributed by atoms with Crippen LogP contribution in [0.2, 0.25) is 0 Å². The predicted octanol–water partition coefficient (Wildman–Crippen LogP) is 4.09. The van der Waals surface area contributed by atoms with Crippen LogP contribution in [0.25, 0.3) is 10.9 Å². The summed E-state index contributed by atoms with van der Waals surface area (Å²) in [5, 5.41) is 8.08. The van der Waals surface area contributed by atoms with Gasteiger partial charge in [-0.3, -0.25) is 14.6 Å². The van der Waals surface area contributed by atoms with Crippen molar-refractivity contribution in [3.8, 4) is 0 Å². The van der Waals surface area contributed by atoms with Gasteiger partial charge in [-0.1, -0.05) is 30.5 Å². The Morgan fingerprint density at radius 1 is 1.18 bits per heavy atom. The van der Waals surface area contributed by atoms with Crippen LogP contribution in [0.1, 0.15) is 66.3 Å². The Morgan fingerprint density at radius 2 is 2.03 bits per heavy atom. The SMILES string of the molecule is CNC(=O)[C@@]1(Cc2cc(C3CCCCC3)no2)CCN(C(=O)c2ccc3ncccc3c2)C1. The van der Waals surface area contributed by atoms with E-state index in [4.69, 9.17) is 4.52 Å². The highest BCUT2D eigenvalue weighted by atomic mass is 16.5. The van der Waals surface area contributed by atoms with E-state index in [1.54, 1.807) is 18.1 Å². The van der Waals surface area contributed by atoms with Crippen molar-refractivity contribution in [1.29, 1.82) is 0 Å². The van der Waals surface area contributed by atoms with E-state index in [1.807, 2.05) is 36.4 Å². The monoisotopic (exact) mass is 446 g/mol. The zero-order chi connectivity index (χ0) is 22.8. The number of amides is 2. The zero-order valence-corrected chi connectivity index (χ0v) is 19.0. The molecule has 1 N–H and O–H groups in total. The first-order valence-corrected chi connectivity index (χ1v) is 11.9. The zero-order valence-electron chi connectivity index (χ0n) is 19.0. The number of nitrogens with zero attached hydrogens (tertiary/aromatic N) is 3. The fourth-order valence-electron chi connectivity index (χ4n) is 5.45. The fourth-order valence-corrected chi connectivity index (χ4v) is 5.45. The van der Waals surface area contributed by atoms with Gasteiger partial charge in [0.1, 0.15) is 5.76 Å². The van der Waals surface area contributed by atoms with Crippen LogP contribution in [0.5, 0.6) is 0 Å². The Morgan fingerprint density at radius 3 is 2.85 bits per heavy atom. The van der Waals surface area contributed by atoms with E-state index in [0.29, 0.717) is 37.4 Å². The summed E-state index contributed by atoms with van der Waals surface area (Å²) in [6.07, 6.45) is 8.83. The Hall–Kier alpha value is -3.22. The summed E-state index contributed by atoms with van der Waals surface area (Å²) in [6, 6.07) is 11.4. The lowest BCUT2D eigenvalue weighted by Crippen LogP contribution is -2.44. The summed E-state index contributed by atoms with van der Waals surface area (Å²) in [5.41, 5.74) is 1.76. The first kappa shape index (κ1) is 21.6. The minimum atomic E-state index is -0.716. The Labute approximate surface area is 193 Å². The molecule has 3 aromatic rings. The van der Waals surface area contributed by atoms with Crippen LogP contribution in [-0.4, -0.2) is 47.0 Å². The predicted molar refractivity (Wildman–Crippen MR) is 125 cm³/mol. The van der Waals surface area contributed by atoms with Gasteiger partial charge in [-0.25, -0.2) is 0 Å². The summed E-state index contributed by atoms with van der Waals surface area (Å²) in [4.78, 5) is 32.4. The van der Waals surface area contributed by atoms with E-state index in [0.717, 1.165) is 35.2 Å². The van der Waals surface area contributed by atoms with E-state index in [1.165, 1.54) is 19.3 Å². The Balaban J connectivity index is 1.34. The first-order chi connectivity index (χ1) is 16.1. The van der Waals surface area contributed by atoms with E-state index in [2.05, 4.69) is 15.5 Å². The third-order valence-corrected chi connectivity index (χ3v) is 7.31. The van der Waals surface area contributed by atoms with E-state index < -0.39 is 5.41 Å². The third-order valence-electron chi connectivity index (χ3n) is 7.31. The maximum absolute atomic E-state index is 13.3. The molecule has 7 heteroatoms. The summed E-state index contributed by atoms with van der Waals surface area (Å²) >= 11 is 0. The molecule has 172 valence electrons. The largest absolute Gasteiger partial charge is 0.361 e. The van der Waals surface area contributed by atoms with Gasteiger partial charge in [0.25, 0.3) is 5.91 Å². The van der Waals surface area contributed by atoms with Crippen molar-refractivity contribution in [2.75, 3.05) is 20.1 Å². The van der Waals surface area contributed by atoms with Crippen molar-refractivity contribution < 1.29 is 14.1 Å². The molecule has 2 aliphatic rings. The van der Waals surface area contributed by atoms with Gasteiger partial charge in [0.15, 0.2) is 0 Å². The number of carbonyl (C=O) groups excluding carboxylic acids is 2. The second-order valence-corrected chi connectivity index (χ2v) is 9.48. The number of likely N-dealkylation sites (tertiary alicyclic amines) is 1. The quantitative estimate of drug-likeness (QED) is 0.638. The van der Waals surface area contributed by atoms with Gasteiger partial charge in [-0.05, 0) is 43.5 Å². The first-order valence-electron chi connectivity index (χ1n) is 11.9. The van der Waals surface area contributed by atoms with Crippen LogP contribution in [0.3, 0.4) is 0 Å². The molecule has 1 aliphatic heterocycles. The number of fused-ring (bicyclic) bond motifs is 1. The van der Waals surface area contributed by atoms with Crippen LogP contribution >= 0.6 is 0 Å². The standard InChI is InChI=1S/C26H30N4O3/c1-27-25(32)26(16-21-15-23(29-33-21)18-6-3-2-4-7-18)11-13-30(17-26)24(31)20-9-10-22-19(14-20)8-5-12-28-22/h5,8-10,12,14-15,18H,2-4,6-7,11,13,16-17H2,1H3,(H,27,32)/t26-/m1/s1. The molecule has 7 nitrogen and oxygen atoms in total. The van der Waals surface area contributed by atoms with E-state index in [-0.39, 0.29) is 11.8 Å². The van der Waals surface area contributed by atoms with E-state index >= 15 is 0 Å². The van der Waals surface area contributed by atoms with E-state index in [9.17, 15) is 9.59 Å². The van der Waals surface area contributed by atoms with Gasteiger partial charge in [0.05, 0.1) is 16.6 Å². The molecular formula is C26H30N4O3. The van der Waals surface area contributed by atoms with Gasteiger partial charge in [0.2, 0.25) is 5.91 Å². The topological polar surface area (TPSA) is 88.3 Å². The van der Waals surface area contributed by atoms with Crippen LogP contribution in [0.4, 0.5) is 0 Å². The lowest BCUT2D eigenvalue weighted by molar-refractivity contribution is -0.130. The molecule has 2 fully saturated rings. The molecular weight excluding hydrogens is 416 g/mol. The molecule has 2 amide bonds. The molecule has 1 aliphatic carbocycles. The maximum atomic E-state index is 13.3. The summed E-state index contributed by atoms with van der Waals surface area (Å²) < 4.78 is 5.69. The van der Waals surface area contributed by atoms with Crippen molar-refractivity contribution in [3.05, 3.63) is 59.6 Å². The summed E-state index contributed by atoms with van der Waals surface area (Å²) in [5.74, 6) is 1.06. The van der Waals surface area contributed by atoms with Gasteiger partial charge < -0.3 is 14.7 Å². The second-order valence-electron chi connectivity index (χ2n) is 9.48. The van der Waals surface area contributed by atoms with Crippen molar-refractivity contribution in [3.63, 3.8) is 0 Å². The van der Waals surface area contributed by atoms with Crippen LogP contribution < -0.4 is 5.32 Å². The van der Waals surface area contributed by atoms with Gasteiger partial charge in [0, 0.05) is 55.7 Å². The number of pyridine rings is 1. The minimum absolute atomic E-state index is 0.0591. The van der Waals surface area contributed by atoms with Crippen molar-refractivity contribution in [2.24, 2.45) is 5.41 Å². The van der Waals surface area contributed by atoms with Crippen LogP contribution in [0.15, 0.2) is 47.1 Å². The molecule has 5 rings (SSSR count). The smallest absolute Gasteiger partial charge is 0.253 e.